The highest BCUT2D eigenvalue weighted by atomic mass is 127. The molecule has 1 heterocycles. The van der Waals surface area contributed by atoms with Crippen LogP contribution >= 0.6 is 22.6 Å². The van der Waals surface area contributed by atoms with Gasteiger partial charge < -0.3 is 4.90 Å². The molecule has 126 valence electrons. The predicted octanol–water partition coefficient (Wildman–Crippen LogP) is 2.74. The van der Waals surface area contributed by atoms with Crippen molar-refractivity contribution in [3.05, 3.63) is 57.2 Å². The number of fused-ring (bicyclic) bond motifs is 1. The lowest BCUT2D eigenvalue weighted by atomic mass is 10.1. The molecule has 24 heavy (non-hydrogen) atoms. The molecule has 2 aromatic rings. The molecule has 0 radical (unpaired) electrons. The fourth-order valence-electron chi connectivity index (χ4n) is 2.74. The van der Waals surface area contributed by atoms with Crippen LogP contribution in [0.4, 0.5) is 5.69 Å². The number of amides is 1. The molecule has 0 saturated heterocycles. The van der Waals surface area contributed by atoms with Crippen molar-refractivity contribution in [3.63, 3.8) is 0 Å². The highest BCUT2D eigenvalue weighted by Crippen LogP contribution is 2.32. The van der Waals surface area contributed by atoms with Gasteiger partial charge in [0.05, 0.1) is 4.90 Å². The summed E-state index contributed by atoms with van der Waals surface area (Å²) in [6.45, 7) is 0.561. The Hall–Kier alpha value is -1.45. The SMILES string of the molecule is CN(C)S(=O)(=O)c1ccc2c(c1)CCN2C(=O)c1cccc(I)c1. The van der Waals surface area contributed by atoms with Crippen molar-refractivity contribution < 1.29 is 13.2 Å². The van der Waals surface area contributed by atoms with Crippen LogP contribution in [-0.4, -0.2) is 39.3 Å². The van der Waals surface area contributed by atoms with Gasteiger partial charge in [-0.25, -0.2) is 12.7 Å². The van der Waals surface area contributed by atoms with Gasteiger partial charge in [-0.15, -0.1) is 0 Å². The fourth-order valence-corrected chi connectivity index (χ4v) is 4.23. The molecule has 0 saturated carbocycles. The van der Waals surface area contributed by atoms with E-state index in [-0.39, 0.29) is 10.8 Å². The number of benzene rings is 2. The number of hydrogen-bond donors (Lipinski definition) is 0. The number of carbonyl (C=O) groups excluding carboxylic acids is 1. The average molecular weight is 456 g/mol. The van der Waals surface area contributed by atoms with Crippen LogP contribution in [0.25, 0.3) is 0 Å². The van der Waals surface area contributed by atoms with Gasteiger partial charge in [-0.1, -0.05) is 6.07 Å². The molecule has 7 heteroatoms. The summed E-state index contributed by atoms with van der Waals surface area (Å²) < 4.78 is 26.7. The molecule has 3 rings (SSSR count). The van der Waals surface area contributed by atoms with Crippen molar-refractivity contribution in [1.29, 1.82) is 0 Å². The van der Waals surface area contributed by atoms with E-state index in [4.69, 9.17) is 0 Å². The minimum absolute atomic E-state index is 0.0597. The maximum atomic E-state index is 12.7. The zero-order valence-electron chi connectivity index (χ0n) is 13.4. The summed E-state index contributed by atoms with van der Waals surface area (Å²) in [5.41, 5.74) is 2.31. The number of rotatable bonds is 3. The average Bonchev–Trinajstić information content (AvgIpc) is 2.97. The van der Waals surface area contributed by atoms with Gasteiger partial charge >= 0.3 is 0 Å². The maximum absolute atomic E-state index is 12.7. The van der Waals surface area contributed by atoms with Crippen LogP contribution in [0, 0.1) is 3.57 Å². The second kappa shape index (κ2) is 6.45. The molecule has 1 amide bonds. The third-order valence-electron chi connectivity index (χ3n) is 4.04. The highest BCUT2D eigenvalue weighted by Gasteiger charge is 2.28. The number of carbonyl (C=O) groups is 1. The Balaban J connectivity index is 1.95. The van der Waals surface area contributed by atoms with Gasteiger partial charge in [0.25, 0.3) is 5.91 Å². The van der Waals surface area contributed by atoms with Gasteiger partial charge in [-0.05, 0) is 71.0 Å². The van der Waals surface area contributed by atoms with Crippen LogP contribution < -0.4 is 4.90 Å². The molecule has 0 N–H and O–H groups in total. The molecule has 0 atom stereocenters. The lowest BCUT2D eigenvalue weighted by Gasteiger charge is -2.18. The zero-order chi connectivity index (χ0) is 17.5. The fraction of sp³-hybridized carbons (Fsp3) is 0.235. The molecule has 1 aliphatic heterocycles. The summed E-state index contributed by atoms with van der Waals surface area (Å²) in [5, 5.41) is 0. The molecule has 5 nitrogen and oxygen atoms in total. The van der Waals surface area contributed by atoms with Crippen molar-refractivity contribution >= 4 is 44.2 Å². The normalized spacial score (nSPS) is 14.1. The monoisotopic (exact) mass is 456 g/mol. The second-order valence-electron chi connectivity index (χ2n) is 5.80. The molecule has 2 aromatic carbocycles. The third kappa shape index (κ3) is 3.07. The van der Waals surface area contributed by atoms with E-state index in [2.05, 4.69) is 22.6 Å². The standard InChI is InChI=1S/C17H17IN2O3S/c1-19(2)24(22,23)15-6-7-16-12(11-15)8-9-20(16)17(21)13-4-3-5-14(18)10-13/h3-7,10-11H,8-9H2,1-2H3. The Morgan fingerprint density at radius 1 is 1.17 bits per heavy atom. The summed E-state index contributed by atoms with van der Waals surface area (Å²) in [4.78, 5) is 14.7. The molecular formula is C17H17IN2O3S. The lowest BCUT2D eigenvalue weighted by molar-refractivity contribution is 0.0989. The van der Waals surface area contributed by atoms with Crippen LogP contribution in [-0.2, 0) is 16.4 Å². The van der Waals surface area contributed by atoms with E-state index in [1.54, 1.807) is 29.2 Å². The van der Waals surface area contributed by atoms with E-state index >= 15 is 0 Å². The quantitative estimate of drug-likeness (QED) is 0.668. The zero-order valence-corrected chi connectivity index (χ0v) is 16.3. The first-order valence-corrected chi connectivity index (χ1v) is 9.95. The summed E-state index contributed by atoms with van der Waals surface area (Å²) in [5.74, 6) is -0.0597. The lowest BCUT2D eigenvalue weighted by Crippen LogP contribution is -2.29. The van der Waals surface area contributed by atoms with E-state index in [1.807, 2.05) is 18.2 Å². The Labute approximate surface area is 155 Å². The van der Waals surface area contributed by atoms with E-state index in [9.17, 15) is 13.2 Å². The van der Waals surface area contributed by atoms with E-state index < -0.39 is 10.0 Å². The molecule has 0 unspecified atom stereocenters. The minimum Gasteiger partial charge on any atom is -0.308 e. The summed E-state index contributed by atoms with van der Waals surface area (Å²) >= 11 is 2.18. The van der Waals surface area contributed by atoms with Crippen molar-refractivity contribution in [3.8, 4) is 0 Å². The Bertz CT molecular complexity index is 910. The molecular weight excluding hydrogens is 439 g/mol. The summed E-state index contributed by atoms with van der Waals surface area (Å²) in [6.07, 6.45) is 0.655. The predicted molar refractivity (Wildman–Crippen MR) is 102 cm³/mol. The molecule has 0 aliphatic carbocycles. The van der Waals surface area contributed by atoms with Gasteiger partial charge in [-0.2, -0.15) is 0 Å². The van der Waals surface area contributed by atoms with Gasteiger partial charge in [-0.3, -0.25) is 4.79 Å². The first-order valence-electron chi connectivity index (χ1n) is 7.43. The Morgan fingerprint density at radius 3 is 2.58 bits per heavy atom. The topological polar surface area (TPSA) is 57.7 Å². The number of nitrogens with zero attached hydrogens (tertiary/aromatic N) is 2. The third-order valence-corrected chi connectivity index (χ3v) is 6.52. The van der Waals surface area contributed by atoms with Crippen LogP contribution in [0.15, 0.2) is 47.4 Å². The number of anilines is 1. The van der Waals surface area contributed by atoms with Crippen molar-refractivity contribution in [2.45, 2.75) is 11.3 Å². The van der Waals surface area contributed by atoms with Crippen molar-refractivity contribution in [2.75, 3.05) is 25.5 Å². The van der Waals surface area contributed by atoms with Crippen molar-refractivity contribution in [1.82, 2.24) is 4.31 Å². The van der Waals surface area contributed by atoms with Crippen LogP contribution in [0.3, 0.4) is 0 Å². The smallest absolute Gasteiger partial charge is 0.258 e. The Morgan fingerprint density at radius 2 is 1.92 bits per heavy atom. The summed E-state index contributed by atoms with van der Waals surface area (Å²) in [7, 11) is -0.446. The van der Waals surface area contributed by atoms with E-state index in [0.717, 1.165) is 14.8 Å². The highest BCUT2D eigenvalue weighted by molar-refractivity contribution is 14.1. The molecule has 0 fully saturated rings. The number of sulfonamides is 1. The molecule has 0 bridgehead atoms. The number of hydrogen-bond acceptors (Lipinski definition) is 3. The van der Waals surface area contributed by atoms with Crippen molar-refractivity contribution in [2.24, 2.45) is 0 Å². The second-order valence-corrected chi connectivity index (χ2v) is 9.19. The minimum atomic E-state index is -3.47. The molecule has 0 spiro atoms. The van der Waals surface area contributed by atoms with E-state index in [1.165, 1.54) is 18.4 Å². The van der Waals surface area contributed by atoms with Crippen LogP contribution in [0.5, 0.6) is 0 Å². The summed E-state index contributed by atoms with van der Waals surface area (Å²) in [6, 6.07) is 12.4. The first kappa shape index (κ1) is 17.4. The Kier molecular flexibility index (Phi) is 4.67. The van der Waals surface area contributed by atoms with Gasteiger partial charge in [0.1, 0.15) is 0 Å². The van der Waals surface area contributed by atoms with Gasteiger partial charge in [0.2, 0.25) is 10.0 Å². The largest absolute Gasteiger partial charge is 0.308 e. The molecule has 0 aromatic heterocycles. The molecule has 1 aliphatic rings. The number of halogens is 1. The first-order chi connectivity index (χ1) is 11.3. The van der Waals surface area contributed by atoms with Gasteiger partial charge in [0, 0.05) is 35.5 Å². The van der Waals surface area contributed by atoms with Crippen LogP contribution in [0.1, 0.15) is 15.9 Å². The maximum Gasteiger partial charge on any atom is 0.258 e. The van der Waals surface area contributed by atoms with E-state index in [0.29, 0.717) is 18.5 Å². The van der Waals surface area contributed by atoms with Crippen LogP contribution in [0.2, 0.25) is 0 Å². The van der Waals surface area contributed by atoms with Gasteiger partial charge in [0.15, 0.2) is 0 Å².